The van der Waals surface area contributed by atoms with Gasteiger partial charge in [-0.05, 0) is 38.4 Å². The largest absolute Gasteiger partial charge is 0.490 e. The molecule has 1 unspecified atom stereocenters. The van der Waals surface area contributed by atoms with Gasteiger partial charge in [0.2, 0.25) is 0 Å². The summed E-state index contributed by atoms with van der Waals surface area (Å²) in [6, 6.07) is 5.57. The molecule has 0 aliphatic heterocycles. The van der Waals surface area contributed by atoms with Crippen LogP contribution in [0.4, 0.5) is 0 Å². The summed E-state index contributed by atoms with van der Waals surface area (Å²) in [5, 5.41) is 0. The van der Waals surface area contributed by atoms with Gasteiger partial charge in [-0.3, -0.25) is 4.79 Å². The van der Waals surface area contributed by atoms with E-state index in [1.807, 2.05) is 19.1 Å². The van der Waals surface area contributed by atoms with Gasteiger partial charge in [0.15, 0.2) is 17.6 Å². The van der Waals surface area contributed by atoms with E-state index in [1.54, 1.807) is 13.0 Å². The molecule has 18 heavy (non-hydrogen) atoms. The normalized spacial score (nSPS) is 11.9. The van der Waals surface area contributed by atoms with Crippen LogP contribution in [0, 0.1) is 0 Å². The highest BCUT2D eigenvalue weighted by Gasteiger charge is 2.17. The second-order valence-electron chi connectivity index (χ2n) is 3.88. The Kier molecular flexibility index (Phi) is 5.45. The molecule has 0 aliphatic rings. The van der Waals surface area contributed by atoms with Crippen molar-refractivity contribution < 1.29 is 14.3 Å². The zero-order valence-corrected chi connectivity index (χ0v) is 10.8. The molecular weight excluding hydrogens is 232 g/mol. The predicted molar refractivity (Wildman–Crippen MR) is 69.7 cm³/mol. The van der Waals surface area contributed by atoms with Crippen molar-refractivity contribution in [2.24, 2.45) is 11.5 Å². The third kappa shape index (κ3) is 3.63. The molecule has 5 nitrogen and oxygen atoms in total. The minimum atomic E-state index is -0.705. The molecule has 0 aromatic heterocycles. The summed E-state index contributed by atoms with van der Waals surface area (Å²) < 4.78 is 11.1. The van der Waals surface area contributed by atoms with Crippen LogP contribution in [-0.2, 0) is 11.2 Å². The standard InChI is InChI=1S/C13H20N2O3/c1-3-17-11-6-4-5-10(7-8-14)12(11)18-9(2)13(15)16/h4-6,9H,3,7-8,14H2,1-2H3,(H2,15,16). The molecule has 100 valence electrons. The highest BCUT2D eigenvalue weighted by molar-refractivity contribution is 5.78. The average Bonchev–Trinajstić information content (AvgIpc) is 2.33. The fraction of sp³-hybridized carbons (Fsp3) is 0.462. The maximum Gasteiger partial charge on any atom is 0.258 e. The Bertz CT molecular complexity index is 383. The number of hydrogen-bond acceptors (Lipinski definition) is 4. The lowest BCUT2D eigenvalue weighted by atomic mass is 10.1. The Morgan fingerprint density at radius 1 is 1.44 bits per heavy atom. The number of primary amides is 1. The van der Waals surface area contributed by atoms with Crippen LogP contribution in [0.5, 0.6) is 11.5 Å². The molecule has 0 aliphatic carbocycles. The zero-order chi connectivity index (χ0) is 13.5. The van der Waals surface area contributed by atoms with Gasteiger partial charge < -0.3 is 20.9 Å². The average molecular weight is 252 g/mol. The minimum Gasteiger partial charge on any atom is -0.490 e. The van der Waals surface area contributed by atoms with E-state index >= 15 is 0 Å². The Balaban J connectivity index is 3.05. The molecule has 0 fully saturated rings. The molecule has 1 atom stereocenters. The van der Waals surface area contributed by atoms with Gasteiger partial charge in [-0.1, -0.05) is 12.1 Å². The van der Waals surface area contributed by atoms with E-state index in [0.29, 0.717) is 31.1 Å². The van der Waals surface area contributed by atoms with Crippen molar-refractivity contribution in [2.45, 2.75) is 26.4 Å². The molecule has 0 heterocycles. The number of ether oxygens (including phenoxy) is 2. The summed E-state index contributed by atoms with van der Waals surface area (Å²) in [6.07, 6.45) is -0.0509. The minimum absolute atomic E-state index is 0.497. The molecule has 1 aromatic rings. The van der Waals surface area contributed by atoms with E-state index in [4.69, 9.17) is 20.9 Å². The van der Waals surface area contributed by atoms with Crippen molar-refractivity contribution in [1.82, 2.24) is 0 Å². The number of carbonyl (C=O) groups is 1. The zero-order valence-electron chi connectivity index (χ0n) is 10.8. The van der Waals surface area contributed by atoms with E-state index in [0.717, 1.165) is 5.56 Å². The van der Waals surface area contributed by atoms with Gasteiger partial charge in [-0.25, -0.2) is 0 Å². The highest BCUT2D eigenvalue weighted by Crippen LogP contribution is 2.32. The molecule has 1 amide bonds. The van der Waals surface area contributed by atoms with Gasteiger partial charge >= 0.3 is 0 Å². The molecule has 0 bridgehead atoms. The van der Waals surface area contributed by atoms with Crippen LogP contribution >= 0.6 is 0 Å². The maximum absolute atomic E-state index is 11.1. The first-order valence-electron chi connectivity index (χ1n) is 6.00. The number of carbonyl (C=O) groups excluding carboxylic acids is 1. The summed E-state index contributed by atoms with van der Waals surface area (Å²) in [5.41, 5.74) is 11.7. The van der Waals surface area contributed by atoms with Crippen LogP contribution in [0.25, 0.3) is 0 Å². The van der Waals surface area contributed by atoms with Gasteiger partial charge in [0.25, 0.3) is 5.91 Å². The van der Waals surface area contributed by atoms with Crippen molar-refractivity contribution in [1.29, 1.82) is 0 Å². The Morgan fingerprint density at radius 3 is 2.72 bits per heavy atom. The van der Waals surface area contributed by atoms with E-state index in [2.05, 4.69) is 0 Å². The summed E-state index contributed by atoms with van der Waals surface area (Å²) in [4.78, 5) is 11.1. The predicted octanol–water partition coefficient (Wildman–Crippen LogP) is 0.839. The first-order chi connectivity index (χ1) is 8.60. The van der Waals surface area contributed by atoms with E-state index in [-0.39, 0.29) is 0 Å². The van der Waals surface area contributed by atoms with Crippen molar-refractivity contribution in [3.63, 3.8) is 0 Å². The molecular formula is C13H20N2O3. The van der Waals surface area contributed by atoms with E-state index in [9.17, 15) is 4.79 Å². The molecule has 5 heteroatoms. The van der Waals surface area contributed by atoms with Crippen LogP contribution in [0.2, 0.25) is 0 Å². The van der Waals surface area contributed by atoms with Crippen LogP contribution in [0.3, 0.4) is 0 Å². The fourth-order valence-electron chi connectivity index (χ4n) is 1.55. The summed E-state index contributed by atoms with van der Waals surface area (Å²) >= 11 is 0. The SMILES string of the molecule is CCOc1cccc(CCN)c1OC(C)C(N)=O. The Labute approximate surface area is 107 Å². The van der Waals surface area contributed by atoms with Crippen LogP contribution < -0.4 is 20.9 Å². The van der Waals surface area contributed by atoms with Gasteiger partial charge in [-0.2, -0.15) is 0 Å². The van der Waals surface area contributed by atoms with Crippen LogP contribution in [-0.4, -0.2) is 25.2 Å². The van der Waals surface area contributed by atoms with Gasteiger partial charge in [0.05, 0.1) is 6.61 Å². The summed E-state index contributed by atoms with van der Waals surface area (Å²) in [7, 11) is 0. The van der Waals surface area contributed by atoms with Crippen LogP contribution in [0.1, 0.15) is 19.4 Å². The number of amides is 1. The van der Waals surface area contributed by atoms with Gasteiger partial charge in [0.1, 0.15) is 0 Å². The van der Waals surface area contributed by atoms with Crippen molar-refractivity contribution in [2.75, 3.05) is 13.2 Å². The Hall–Kier alpha value is -1.75. The number of para-hydroxylation sites is 1. The van der Waals surface area contributed by atoms with E-state index < -0.39 is 12.0 Å². The van der Waals surface area contributed by atoms with E-state index in [1.165, 1.54) is 0 Å². The smallest absolute Gasteiger partial charge is 0.258 e. The van der Waals surface area contributed by atoms with Crippen LogP contribution in [0.15, 0.2) is 18.2 Å². The lowest BCUT2D eigenvalue weighted by Gasteiger charge is -2.18. The molecule has 0 radical (unpaired) electrons. The van der Waals surface area contributed by atoms with Crippen molar-refractivity contribution in [3.05, 3.63) is 23.8 Å². The molecule has 0 saturated carbocycles. The lowest BCUT2D eigenvalue weighted by molar-refractivity contribution is -0.124. The fourth-order valence-corrected chi connectivity index (χ4v) is 1.55. The number of hydrogen-bond donors (Lipinski definition) is 2. The first kappa shape index (κ1) is 14.3. The lowest BCUT2D eigenvalue weighted by Crippen LogP contribution is -2.31. The molecule has 0 saturated heterocycles. The summed E-state index contributed by atoms with van der Waals surface area (Å²) in [5.74, 6) is 0.646. The maximum atomic E-state index is 11.1. The first-order valence-corrected chi connectivity index (χ1v) is 6.00. The second kappa shape index (κ2) is 6.86. The second-order valence-corrected chi connectivity index (χ2v) is 3.88. The van der Waals surface area contributed by atoms with Gasteiger partial charge in [0, 0.05) is 0 Å². The third-order valence-corrected chi connectivity index (χ3v) is 2.47. The third-order valence-electron chi connectivity index (χ3n) is 2.47. The summed E-state index contributed by atoms with van der Waals surface area (Å²) in [6.45, 7) is 4.51. The molecule has 1 aromatic carbocycles. The topological polar surface area (TPSA) is 87.6 Å². The number of nitrogens with two attached hydrogens (primary N) is 2. The van der Waals surface area contributed by atoms with Crippen molar-refractivity contribution >= 4 is 5.91 Å². The van der Waals surface area contributed by atoms with Crippen molar-refractivity contribution in [3.8, 4) is 11.5 Å². The quantitative estimate of drug-likeness (QED) is 0.752. The number of benzene rings is 1. The highest BCUT2D eigenvalue weighted by atomic mass is 16.5. The monoisotopic (exact) mass is 252 g/mol. The Morgan fingerprint density at radius 2 is 2.17 bits per heavy atom. The molecule has 4 N–H and O–H groups in total. The molecule has 0 spiro atoms. The number of rotatable bonds is 7. The molecule has 1 rings (SSSR count). The van der Waals surface area contributed by atoms with Gasteiger partial charge in [-0.15, -0.1) is 0 Å².